The van der Waals surface area contributed by atoms with Crippen molar-refractivity contribution in [3.63, 3.8) is 0 Å². The lowest BCUT2D eigenvalue weighted by atomic mass is 10.0. The van der Waals surface area contributed by atoms with Gasteiger partial charge in [0.15, 0.2) is 0 Å². The second-order valence-electron chi connectivity index (χ2n) is 8.47. The number of hydrogen-bond acceptors (Lipinski definition) is 3. The lowest BCUT2D eigenvalue weighted by Gasteiger charge is -2.30. The lowest BCUT2D eigenvalue weighted by molar-refractivity contribution is 0.205. The largest absolute Gasteiger partial charge is 0.328 e. The highest BCUT2D eigenvalue weighted by atomic mass is 15.2. The molecule has 0 radical (unpaired) electrons. The van der Waals surface area contributed by atoms with Gasteiger partial charge in [-0.15, -0.1) is 0 Å². The predicted octanol–water partition coefficient (Wildman–Crippen LogP) is 4.26. The van der Waals surface area contributed by atoms with E-state index < -0.39 is 0 Å². The highest BCUT2D eigenvalue weighted by Crippen LogP contribution is 2.24. The van der Waals surface area contributed by atoms with Crippen LogP contribution in [0.25, 0.3) is 11.1 Å². The number of rotatable bonds is 5. The Morgan fingerprint density at radius 3 is 2.33 bits per heavy atom. The molecule has 0 aromatic heterocycles. The average molecular weight is 364 g/mol. The van der Waals surface area contributed by atoms with Gasteiger partial charge in [0.05, 0.1) is 0 Å². The molecule has 2 fully saturated rings. The van der Waals surface area contributed by atoms with Gasteiger partial charge in [-0.2, -0.15) is 0 Å². The van der Waals surface area contributed by atoms with E-state index in [1.165, 1.54) is 41.6 Å². The van der Waals surface area contributed by atoms with Crippen LogP contribution >= 0.6 is 0 Å². The molecule has 144 valence electrons. The van der Waals surface area contributed by atoms with Crippen molar-refractivity contribution in [3.8, 4) is 11.1 Å². The molecule has 3 heteroatoms. The highest BCUT2D eigenvalue weighted by Gasteiger charge is 2.20. The maximum absolute atomic E-state index is 6.03. The number of likely N-dealkylation sites (tertiary alicyclic amines) is 2. The molecule has 0 aliphatic carbocycles. The summed E-state index contributed by atoms with van der Waals surface area (Å²) in [6.45, 7) is 7.95. The van der Waals surface area contributed by atoms with E-state index >= 15 is 0 Å². The number of benzene rings is 2. The number of piperidine rings is 1. The summed E-state index contributed by atoms with van der Waals surface area (Å²) in [7, 11) is 0. The van der Waals surface area contributed by atoms with Gasteiger partial charge in [-0.25, -0.2) is 0 Å². The molecule has 2 aliphatic heterocycles. The van der Waals surface area contributed by atoms with Crippen LogP contribution in [0.15, 0.2) is 48.5 Å². The molecule has 2 heterocycles. The highest BCUT2D eigenvalue weighted by molar-refractivity contribution is 5.64. The number of nitrogens with zero attached hydrogens (tertiary/aromatic N) is 2. The summed E-state index contributed by atoms with van der Waals surface area (Å²) in [5.74, 6) is 0. The molecular formula is C24H33N3. The molecule has 4 rings (SSSR count). The Morgan fingerprint density at radius 2 is 1.63 bits per heavy atom. The molecule has 2 N–H and O–H groups in total. The minimum atomic E-state index is 0.398. The first kappa shape index (κ1) is 18.7. The van der Waals surface area contributed by atoms with Gasteiger partial charge < -0.3 is 5.73 Å². The van der Waals surface area contributed by atoms with Crippen LogP contribution in [-0.2, 0) is 13.1 Å². The van der Waals surface area contributed by atoms with Gasteiger partial charge >= 0.3 is 0 Å². The third-order valence-electron chi connectivity index (χ3n) is 6.33. The quantitative estimate of drug-likeness (QED) is 0.861. The summed E-state index contributed by atoms with van der Waals surface area (Å²) in [5.41, 5.74) is 11.5. The first-order valence-corrected chi connectivity index (χ1v) is 10.6. The first-order valence-electron chi connectivity index (χ1n) is 10.6. The van der Waals surface area contributed by atoms with Gasteiger partial charge in [0.1, 0.15) is 0 Å². The van der Waals surface area contributed by atoms with Crippen LogP contribution in [0.2, 0.25) is 0 Å². The van der Waals surface area contributed by atoms with Crippen molar-refractivity contribution in [2.45, 2.75) is 57.8 Å². The lowest BCUT2D eigenvalue weighted by Crippen LogP contribution is -2.39. The molecule has 2 aromatic carbocycles. The molecule has 27 heavy (non-hydrogen) atoms. The summed E-state index contributed by atoms with van der Waals surface area (Å²) < 4.78 is 0. The molecule has 2 aromatic rings. The van der Waals surface area contributed by atoms with Crippen molar-refractivity contribution in [2.75, 3.05) is 19.6 Å². The minimum absolute atomic E-state index is 0.398. The van der Waals surface area contributed by atoms with Gasteiger partial charge in [0.2, 0.25) is 0 Å². The van der Waals surface area contributed by atoms with E-state index in [-0.39, 0.29) is 0 Å². The Hall–Kier alpha value is -1.68. The van der Waals surface area contributed by atoms with E-state index in [1.54, 1.807) is 0 Å². The van der Waals surface area contributed by atoms with Gasteiger partial charge in [0, 0.05) is 25.2 Å². The Bertz CT molecular complexity index is 732. The zero-order chi connectivity index (χ0) is 18.6. The molecule has 1 atom stereocenters. The van der Waals surface area contributed by atoms with Crippen LogP contribution < -0.4 is 5.73 Å². The summed E-state index contributed by atoms with van der Waals surface area (Å²) in [4.78, 5) is 5.13. The van der Waals surface area contributed by atoms with Crippen LogP contribution in [-0.4, -0.2) is 41.5 Å². The number of hydrogen-bond donors (Lipinski definition) is 1. The average Bonchev–Trinajstić information content (AvgIpc) is 3.09. The maximum Gasteiger partial charge on any atom is 0.0236 e. The summed E-state index contributed by atoms with van der Waals surface area (Å²) >= 11 is 0. The van der Waals surface area contributed by atoms with Crippen molar-refractivity contribution in [1.29, 1.82) is 0 Å². The molecule has 0 spiro atoms. The van der Waals surface area contributed by atoms with Crippen LogP contribution in [0.3, 0.4) is 0 Å². The van der Waals surface area contributed by atoms with Crippen LogP contribution in [0.1, 0.15) is 43.7 Å². The fourth-order valence-corrected chi connectivity index (χ4v) is 4.48. The van der Waals surface area contributed by atoms with Gasteiger partial charge in [-0.3, -0.25) is 9.80 Å². The van der Waals surface area contributed by atoms with Crippen LogP contribution in [0.4, 0.5) is 0 Å². The molecule has 3 nitrogen and oxygen atoms in total. The molecule has 0 saturated carbocycles. The van der Waals surface area contributed by atoms with Gasteiger partial charge in [-0.05, 0) is 80.6 Å². The second kappa shape index (κ2) is 8.55. The molecule has 1 unspecified atom stereocenters. The molecule has 2 saturated heterocycles. The van der Waals surface area contributed by atoms with Crippen molar-refractivity contribution in [1.82, 2.24) is 9.80 Å². The summed E-state index contributed by atoms with van der Waals surface area (Å²) in [6.07, 6.45) is 4.93. The Kier molecular flexibility index (Phi) is 5.92. The standard InChI is InChI=1S/C24H33N3/c1-19-4-3-13-27(19)18-20-7-9-22(10-8-20)23-6-2-5-21(16-23)17-26-14-11-24(25)12-15-26/h2,5-10,16,19,24H,3-4,11-15,17-18,25H2,1H3. The Labute approximate surface area is 164 Å². The molecular weight excluding hydrogens is 330 g/mol. The first-order chi connectivity index (χ1) is 13.2. The molecule has 0 amide bonds. The van der Waals surface area contributed by atoms with Crippen LogP contribution in [0, 0.1) is 0 Å². The second-order valence-corrected chi connectivity index (χ2v) is 8.47. The van der Waals surface area contributed by atoms with Crippen molar-refractivity contribution in [2.24, 2.45) is 5.73 Å². The predicted molar refractivity (Wildman–Crippen MR) is 113 cm³/mol. The van der Waals surface area contributed by atoms with Crippen molar-refractivity contribution >= 4 is 0 Å². The Morgan fingerprint density at radius 1 is 0.852 bits per heavy atom. The van der Waals surface area contributed by atoms with E-state index in [4.69, 9.17) is 5.73 Å². The van der Waals surface area contributed by atoms with E-state index in [0.717, 1.165) is 45.1 Å². The topological polar surface area (TPSA) is 32.5 Å². The zero-order valence-electron chi connectivity index (χ0n) is 16.6. The third kappa shape index (κ3) is 4.78. The van der Waals surface area contributed by atoms with E-state index in [0.29, 0.717) is 6.04 Å². The zero-order valence-corrected chi connectivity index (χ0v) is 16.6. The van der Waals surface area contributed by atoms with Gasteiger partial charge in [0.25, 0.3) is 0 Å². The fourth-order valence-electron chi connectivity index (χ4n) is 4.48. The Balaban J connectivity index is 1.40. The van der Waals surface area contributed by atoms with E-state index in [2.05, 4.69) is 65.3 Å². The normalized spacial score (nSPS) is 22.4. The van der Waals surface area contributed by atoms with E-state index in [1.807, 2.05) is 0 Å². The summed E-state index contributed by atoms with van der Waals surface area (Å²) in [5, 5.41) is 0. The summed E-state index contributed by atoms with van der Waals surface area (Å²) in [6, 6.07) is 19.3. The fraction of sp³-hybridized carbons (Fsp3) is 0.500. The third-order valence-corrected chi connectivity index (χ3v) is 6.33. The van der Waals surface area contributed by atoms with Crippen molar-refractivity contribution in [3.05, 3.63) is 59.7 Å². The molecule has 2 aliphatic rings. The smallest absolute Gasteiger partial charge is 0.0236 e. The molecule has 0 bridgehead atoms. The maximum atomic E-state index is 6.03. The van der Waals surface area contributed by atoms with Gasteiger partial charge in [-0.1, -0.05) is 42.5 Å². The van der Waals surface area contributed by atoms with E-state index in [9.17, 15) is 0 Å². The van der Waals surface area contributed by atoms with Crippen LogP contribution in [0.5, 0.6) is 0 Å². The monoisotopic (exact) mass is 363 g/mol. The number of nitrogens with two attached hydrogens (primary N) is 1. The SMILES string of the molecule is CC1CCCN1Cc1ccc(-c2cccc(CN3CCC(N)CC3)c2)cc1. The minimum Gasteiger partial charge on any atom is -0.328 e. The van der Waals surface area contributed by atoms with Crippen molar-refractivity contribution < 1.29 is 0 Å².